The van der Waals surface area contributed by atoms with Gasteiger partial charge in [-0.1, -0.05) is 0 Å². The van der Waals surface area contributed by atoms with Crippen molar-refractivity contribution in [3.8, 4) is 34.3 Å². The summed E-state index contributed by atoms with van der Waals surface area (Å²) in [6, 6.07) is 10.0. The first-order valence-corrected chi connectivity index (χ1v) is 8.29. The Hall–Kier alpha value is -2.99. The second kappa shape index (κ2) is 5.51. The molecular weight excluding hydrogens is 334 g/mol. The molecule has 0 saturated heterocycles. The lowest BCUT2D eigenvalue weighted by Crippen LogP contribution is -2.19. The highest BCUT2D eigenvalue weighted by Gasteiger charge is 2.27. The molecule has 0 fully saturated rings. The molecule has 3 aromatic rings. The molecule has 0 saturated carbocycles. The Bertz CT molecular complexity index is 1050. The fraction of sp³-hybridized carbons (Fsp3) is 0.250. The van der Waals surface area contributed by atoms with Gasteiger partial charge in [0.25, 0.3) is 0 Å². The van der Waals surface area contributed by atoms with Crippen molar-refractivity contribution in [2.45, 2.75) is 12.9 Å². The summed E-state index contributed by atoms with van der Waals surface area (Å²) in [6.07, 6.45) is 0.809. The van der Waals surface area contributed by atoms with Crippen molar-refractivity contribution in [3.05, 3.63) is 41.5 Å². The molecule has 0 N–H and O–H groups in total. The molecule has 132 valence electrons. The minimum absolute atomic E-state index is 0.641. The van der Waals surface area contributed by atoms with Gasteiger partial charge in [0.15, 0.2) is 23.0 Å². The van der Waals surface area contributed by atoms with Crippen LogP contribution in [0.3, 0.4) is 0 Å². The summed E-state index contributed by atoms with van der Waals surface area (Å²) in [5, 5.41) is 1.01. The standard InChI is InChI=1S/C20H17NO5/c1-22-15-6-10-4-12-5-11-7-17-18(26-20(24-3)25-17)9-14(11)21-19(12)13(10)8-16(15)23-2/h5-9,20H,4H2,1-3H3. The Morgan fingerprint density at radius 3 is 2.35 bits per heavy atom. The second-order valence-corrected chi connectivity index (χ2v) is 6.29. The maximum absolute atomic E-state index is 5.60. The molecule has 5 rings (SSSR count). The summed E-state index contributed by atoms with van der Waals surface area (Å²) >= 11 is 0. The third kappa shape index (κ3) is 2.12. The van der Waals surface area contributed by atoms with Crippen molar-refractivity contribution < 1.29 is 23.7 Å². The third-order valence-corrected chi connectivity index (χ3v) is 4.84. The van der Waals surface area contributed by atoms with E-state index in [4.69, 9.17) is 28.7 Å². The molecular formula is C20H17NO5. The summed E-state index contributed by atoms with van der Waals surface area (Å²) in [6.45, 7) is -0.703. The van der Waals surface area contributed by atoms with Crippen LogP contribution in [0.4, 0.5) is 0 Å². The number of methoxy groups -OCH3 is 3. The number of ether oxygens (including phenoxy) is 5. The lowest BCUT2D eigenvalue weighted by Gasteiger charge is -2.10. The quantitative estimate of drug-likeness (QED) is 0.563. The number of rotatable bonds is 3. The van der Waals surface area contributed by atoms with Crippen molar-refractivity contribution in [2.75, 3.05) is 21.3 Å². The maximum Gasteiger partial charge on any atom is 0.360 e. The minimum atomic E-state index is -0.703. The zero-order valence-electron chi connectivity index (χ0n) is 14.7. The first kappa shape index (κ1) is 15.3. The van der Waals surface area contributed by atoms with Gasteiger partial charge in [0.05, 0.1) is 25.4 Å². The highest BCUT2D eigenvalue weighted by molar-refractivity contribution is 5.89. The van der Waals surface area contributed by atoms with E-state index < -0.39 is 6.48 Å². The van der Waals surface area contributed by atoms with Crippen LogP contribution >= 0.6 is 0 Å². The Morgan fingerprint density at radius 2 is 1.62 bits per heavy atom. The number of aromatic nitrogens is 1. The van der Waals surface area contributed by atoms with E-state index in [1.807, 2.05) is 24.3 Å². The van der Waals surface area contributed by atoms with E-state index in [0.717, 1.165) is 34.3 Å². The van der Waals surface area contributed by atoms with Gasteiger partial charge >= 0.3 is 6.48 Å². The van der Waals surface area contributed by atoms with Gasteiger partial charge in [-0.05, 0) is 35.4 Å². The molecule has 1 unspecified atom stereocenters. The lowest BCUT2D eigenvalue weighted by molar-refractivity contribution is -0.157. The Kier molecular flexibility index (Phi) is 3.24. The van der Waals surface area contributed by atoms with Gasteiger partial charge in [-0.3, -0.25) is 0 Å². The van der Waals surface area contributed by atoms with Crippen molar-refractivity contribution in [2.24, 2.45) is 0 Å². The largest absolute Gasteiger partial charge is 0.493 e. The van der Waals surface area contributed by atoms with Crippen LogP contribution in [0, 0.1) is 0 Å². The van der Waals surface area contributed by atoms with Crippen LogP contribution in [0.25, 0.3) is 22.2 Å². The van der Waals surface area contributed by atoms with Crippen LogP contribution in [-0.4, -0.2) is 32.8 Å². The number of hydrogen-bond donors (Lipinski definition) is 0. The zero-order valence-corrected chi connectivity index (χ0v) is 14.7. The molecule has 1 atom stereocenters. The fourth-order valence-corrected chi connectivity index (χ4v) is 3.60. The van der Waals surface area contributed by atoms with Crippen molar-refractivity contribution >= 4 is 10.9 Å². The summed E-state index contributed by atoms with van der Waals surface area (Å²) in [7, 11) is 4.83. The number of hydrogen-bond acceptors (Lipinski definition) is 6. The highest BCUT2D eigenvalue weighted by atomic mass is 16.9. The molecule has 2 heterocycles. The monoisotopic (exact) mass is 351 g/mol. The topological polar surface area (TPSA) is 59.0 Å². The fourth-order valence-electron chi connectivity index (χ4n) is 3.60. The molecule has 1 aliphatic carbocycles. The van der Waals surface area contributed by atoms with Gasteiger partial charge in [0.2, 0.25) is 0 Å². The molecule has 6 nitrogen and oxygen atoms in total. The molecule has 0 amide bonds. The van der Waals surface area contributed by atoms with Gasteiger partial charge in [-0.2, -0.15) is 0 Å². The normalized spacial score (nSPS) is 16.5. The molecule has 6 heteroatoms. The summed E-state index contributed by atoms with van der Waals surface area (Å²) in [5.74, 6) is 2.75. The van der Waals surface area contributed by atoms with Crippen LogP contribution in [0.1, 0.15) is 11.1 Å². The van der Waals surface area contributed by atoms with Crippen molar-refractivity contribution in [1.82, 2.24) is 4.98 Å². The third-order valence-electron chi connectivity index (χ3n) is 4.84. The van der Waals surface area contributed by atoms with E-state index in [0.29, 0.717) is 17.2 Å². The van der Waals surface area contributed by atoms with Crippen LogP contribution in [-0.2, 0) is 11.2 Å². The van der Waals surface area contributed by atoms with Crippen LogP contribution in [0.15, 0.2) is 30.3 Å². The molecule has 0 radical (unpaired) electrons. The van der Waals surface area contributed by atoms with E-state index in [2.05, 4.69) is 6.07 Å². The molecule has 26 heavy (non-hydrogen) atoms. The van der Waals surface area contributed by atoms with Gasteiger partial charge in [0, 0.05) is 30.5 Å². The summed E-state index contributed by atoms with van der Waals surface area (Å²) in [5.41, 5.74) is 5.25. The van der Waals surface area contributed by atoms with Gasteiger partial charge < -0.3 is 23.7 Å². The minimum Gasteiger partial charge on any atom is -0.493 e. The van der Waals surface area contributed by atoms with Crippen molar-refractivity contribution in [3.63, 3.8) is 0 Å². The molecule has 1 aliphatic heterocycles. The zero-order chi connectivity index (χ0) is 17.8. The first-order valence-electron chi connectivity index (χ1n) is 8.29. The Morgan fingerprint density at radius 1 is 0.885 bits per heavy atom. The summed E-state index contributed by atoms with van der Waals surface area (Å²) in [4.78, 5) is 4.88. The van der Waals surface area contributed by atoms with E-state index in [1.54, 1.807) is 21.3 Å². The maximum atomic E-state index is 5.60. The summed E-state index contributed by atoms with van der Waals surface area (Å²) < 4.78 is 27.2. The molecule has 2 aliphatic rings. The van der Waals surface area contributed by atoms with Crippen LogP contribution in [0.2, 0.25) is 0 Å². The van der Waals surface area contributed by atoms with E-state index in [1.165, 1.54) is 11.1 Å². The average molecular weight is 351 g/mol. The molecule has 0 spiro atoms. The lowest BCUT2D eigenvalue weighted by atomic mass is 10.1. The number of pyridine rings is 1. The molecule has 0 bridgehead atoms. The first-order chi connectivity index (χ1) is 12.7. The van der Waals surface area contributed by atoms with Gasteiger partial charge in [0.1, 0.15) is 0 Å². The number of fused-ring (bicyclic) bond motifs is 5. The number of nitrogens with zero attached hydrogens (tertiary/aromatic N) is 1. The predicted octanol–water partition coefficient (Wildman–Crippen LogP) is 3.52. The van der Waals surface area contributed by atoms with E-state index >= 15 is 0 Å². The van der Waals surface area contributed by atoms with Crippen molar-refractivity contribution in [1.29, 1.82) is 0 Å². The smallest absolute Gasteiger partial charge is 0.360 e. The van der Waals surface area contributed by atoms with Gasteiger partial charge in [-0.25, -0.2) is 4.98 Å². The van der Waals surface area contributed by atoms with Gasteiger partial charge in [-0.15, -0.1) is 0 Å². The Balaban J connectivity index is 1.65. The second-order valence-electron chi connectivity index (χ2n) is 6.29. The molecule has 1 aromatic heterocycles. The SMILES string of the molecule is COc1cc2c(cc1OC)-c1nc3cc4c(cc3cc1C2)OC(OC)O4. The molecule has 2 aromatic carbocycles. The number of benzene rings is 2. The van der Waals surface area contributed by atoms with Crippen LogP contribution < -0.4 is 18.9 Å². The highest BCUT2D eigenvalue weighted by Crippen LogP contribution is 2.44. The van der Waals surface area contributed by atoms with E-state index in [9.17, 15) is 0 Å². The van der Waals surface area contributed by atoms with Crippen LogP contribution in [0.5, 0.6) is 23.0 Å². The predicted molar refractivity (Wildman–Crippen MR) is 95.1 cm³/mol. The average Bonchev–Trinajstić information content (AvgIpc) is 3.22. The van der Waals surface area contributed by atoms with E-state index in [-0.39, 0.29) is 0 Å². The Labute approximate surface area is 150 Å².